The van der Waals surface area contributed by atoms with Gasteiger partial charge in [0.2, 0.25) is 11.8 Å². The van der Waals surface area contributed by atoms with Crippen molar-refractivity contribution >= 4 is 11.8 Å². The third kappa shape index (κ3) is 15.1. The molecule has 0 fully saturated rings. The van der Waals surface area contributed by atoms with E-state index in [1.807, 2.05) is 0 Å². The molecule has 5 nitrogen and oxygen atoms in total. The zero-order chi connectivity index (χ0) is 15.8. The summed E-state index contributed by atoms with van der Waals surface area (Å²) in [4.78, 5) is 22.3. The van der Waals surface area contributed by atoms with Crippen LogP contribution in [0.2, 0.25) is 0 Å². The molecule has 0 aliphatic heterocycles. The first kappa shape index (κ1) is 19.9. The van der Waals surface area contributed by atoms with Gasteiger partial charge in [-0.25, -0.2) is 5.48 Å². The first-order valence-electron chi connectivity index (χ1n) is 8.40. The van der Waals surface area contributed by atoms with Gasteiger partial charge in [0.1, 0.15) is 0 Å². The van der Waals surface area contributed by atoms with E-state index in [1.165, 1.54) is 32.1 Å². The zero-order valence-corrected chi connectivity index (χ0v) is 13.5. The Hall–Kier alpha value is -1.10. The Morgan fingerprint density at radius 2 is 1.29 bits per heavy atom. The average Bonchev–Trinajstić information content (AvgIpc) is 2.49. The predicted octanol–water partition coefficient (Wildman–Crippen LogP) is 3.31. The Kier molecular flexibility index (Phi) is 14.5. The number of nitrogens with one attached hydrogen (secondary N) is 2. The van der Waals surface area contributed by atoms with Crippen molar-refractivity contribution < 1.29 is 14.8 Å². The van der Waals surface area contributed by atoms with Crippen LogP contribution in [0.25, 0.3) is 0 Å². The summed E-state index contributed by atoms with van der Waals surface area (Å²) < 4.78 is 0. The SMILES string of the molecule is CCCCCCCCCC(=O)NCCCCCC(=O)NO. The highest BCUT2D eigenvalue weighted by Gasteiger charge is 2.01. The number of carbonyl (C=O) groups is 2. The molecule has 0 aromatic rings. The predicted molar refractivity (Wildman–Crippen MR) is 84.0 cm³/mol. The second kappa shape index (κ2) is 15.3. The van der Waals surface area contributed by atoms with Crippen molar-refractivity contribution in [2.24, 2.45) is 0 Å². The van der Waals surface area contributed by atoms with Crippen molar-refractivity contribution in [1.29, 1.82) is 0 Å². The van der Waals surface area contributed by atoms with E-state index in [1.54, 1.807) is 5.48 Å². The van der Waals surface area contributed by atoms with Gasteiger partial charge >= 0.3 is 0 Å². The largest absolute Gasteiger partial charge is 0.356 e. The van der Waals surface area contributed by atoms with Gasteiger partial charge < -0.3 is 5.32 Å². The molecule has 0 aliphatic rings. The molecule has 3 N–H and O–H groups in total. The molecule has 0 rings (SSSR count). The van der Waals surface area contributed by atoms with Gasteiger partial charge in [-0.3, -0.25) is 14.8 Å². The zero-order valence-electron chi connectivity index (χ0n) is 13.5. The summed E-state index contributed by atoms with van der Waals surface area (Å²) in [6.07, 6.45) is 12.0. The van der Waals surface area contributed by atoms with Crippen LogP contribution in [0.5, 0.6) is 0 Å². The molecular formula is C16H32N2O3. The molecule has 0 aromatic heterocycles. The molecule has 0 aromatic carbocycles. The fourth-order valence-corrected chi connectivity index (χ4v) is 2.20. The molecular weight excluding hydrogens is 268 g/mol. The standard InChI is InChI=1S/C16H32N2O3/c1-2-3-4-5-6-7-9-12-15(19)17-14-11-8-10-13-16(20)18-21/h21H,2-14H2,1H3,(H,17,19)(H,18,20). The highest BCUT2D eigenvalue weighted by molar-refractivity contribution is 5.75. The van der Waals surface area contributed by atoms with Gasteiger partial charge in [0.25, 0.3) is 0 Å². The molecule has 2 amide bonds. The Labute approximate surface area is 128 Å². The van der Waals surface area contributed by atoms with E-state index < -0.39 is 0 Å². The lowest BCUT2D eigenvalue weighted by molar-refractivity contribution is -0.129. The molecule has 0 saturated heterocycles. The van der Waals surface area contributed by atoms with Gasteiger partial charge in [0.15, 0.2) is 0 Å². The topological polar surface area (TPSA) is 78.4 Å². The van der Waals surface area contributed by atoms with Crippen molar-refractivity contribution in [3.05, 3.63) is 0 Å². The molecule has 124 valence electrons. The fraction of sp³-hybridized carbons (Fsp3) is 0.875. The highest BCUT2D eigenvalue weighted by Crippen LogP contribution is 2.08. The Bertz CT molecular complexity index is 270. The normalized spacial score (nSPS) is 10.4. The minimum Gasteiger partial charge on any atom is -0.356 e. The average molecular weight is 300 g/mol. The lowest BCUT2D eigenvalue weighted by atomic mass is 10.1. The van der Waals surface area contributed by atoms with Gasteiger partial charge in [0, 0.05) is 19.4 Å². The van der Waals surface area contributed by atoms with E-state index in [0.29, 0.717) is 19.4 Å². The van der Waals surface area contributed by atoms with E-state index in [-0.39, 0.29) is 11.8 Å². The molecule has 0 heterocycles. The quantitative estimate of drug-likeness (QED) is 0.262. The van der Waals surface area contributed by atoms with Gasteiger partial charge in [-0.05, 0) is 19.3 Å². The first-order chi connectivity index (χ1) is 10.2. The Morgan fingerprint density at radius 3 is 1.90 bits per heavy atom. The van der Waals surface area contributed by atoms with Crippen LogP contribution < -0.4 is 10.8 Å². The lowest BCUT2D eigenvalue weighted by Crippen LogP contribution is -2.24. The third-order valence-corrected chi connectivity index (χ3v) is 3.53. The number of carbonyl (C=O) groups excluding carboxylic acids is 2. The van der Waals surface area contributed by atoms with Gasteiger partial charge in [-0.1, -0.05) is 51.9 Å². The first-order valence-corrected chi connectivity index (χ1v) is 8.40. The summed E-state index contributed by atoms with van der Waals surface area (Å²) in [5.41, 5.74) is 1.61. The van der Waals surface area contributed by atoms with Crippen LogP contribution in [0, 0.1) is 0 Å². The van der Waals surface area contributed by atoms with E-state index in [9.17, 15) is 9.59 Å². The van der Waals surface area contributed by atoms with Crippen LogP contribution >= 0.6 is 0 Å². The van der Waals surface area contributed by atoms with Crippen LogP contribution in [0.3, 0.4) is 0 Å². The summed E-state index contributed by atoms with van der Waals surface area (Å²) in [6, 6.07) is 0. The molecule has 0 radical (unpaired) electrons. The summed E-state index contributed by atoms with van der Waals surface area (Å²) in [7, 11) is 0. The number of rotatable bonds is 14. The molecule has 0 atom stereocenters. The second-order valence-corrected chi connectivity index (χ2v) is 5.57. The number of hydrogen-bond donors (Lipinski definition) is 3. The maximum Gasteiger partial charge on any atom is 0.243 e. The smallest absolute Gasteiger partial charge is 0.243 e. The monoisotopic (exact) mass is 300 g/mol. The third-order valence-electron chi connectivity index (χ3n) is 3.53. The molecule has 0 aliphatic carbocycles. The van der Waals surface area contributed by atoms with Crippen LogP contribution in [-0.4, -0.2) is 23.6 Å². The number of hydroxylamine groups is 1. The van der Waals surface area contributed by atoms with E-state index in [4.69, 9.17) is 5.21 Å². The van der Waals surface area contributed by atoms with Gasteiger partial charge in [-0.15, -0.1) is 0 Å². The van der Waals surface area contributed by atoms with Crippen molar-refractivity contribution in [2.45, 2.75) is 84.0 Å². The molecule has 0 saturated carbocycles. The minimum absolute atomic E-state index is 0.136. The van der Waals surface area contributed by atoms with E-state index >= 15 is 0 Å². The highest BCUT2D eigenvalue weighted by atomic mass is 16.5. The molecule has 0 spiro atoms. The van der Waals surface area contributed by atoms with Crippen LogP contribution in [0.1, 0.15) is 84.0 Å². The fourth-order valence-electron chi connectivity index (χ4n) is 2.20. The van der Waals surface area contributed by atoms with Crippen LogP contribution in [0.4, 0.5) is 0 Å². The number of unbranched alkanes of at least 4 members (excludes halogenated alkanes) is 8. The maximum absolute atomic E-state index is 11.6. The number of amides is 2. The summed E-state index contributed by atoms with van der Waals surface area (Å²) in [6.45, 7) is 2.89. The minimum atomic E-state index is -0.349. The molecule has 0 unspecified atom stereocenters. The van der Waals surface area contributed by atoms with E-state index in [0.717, 1.165) is 32.1 Å². The van der Waals surface area contributed by atoms with Crippen LogP contribution in [0.15, 0.2) is 0 Å². The maximum atomic E-state index is 11.6. The number of hydrogen-bond acceptors (Lipinski definition) is 3. The molecule has 5 heteroatoms. The van der Waals surface area contributed by atoms with Gasteiger partial charge in [0.05, 0.1) is 0 Å². The van der Waals surface area contributed by atoms with Crippen molar-refractivity contribution in [3.8, 4) is 0 Å². The molecule has 21 heavy (non-hydrogen) atoms. The summed E-state index contributed by atoms with van der Waals surface area (Å²) >= 11 is 0. The van der Waals surface area contributed by atoms with Crippen molar-refractivity contribution in [3.63, 3.8) is 0 Å². The Balaban J connectivity index is 3.22. The molecule has 0 bridgehead atoms. The Morgan fingerprint density at radius 1 is 0.762 bits per heavy atom. The summed E-state index contributed by atoms with van der Waals surface area (Å²) in [5, 5.41) is 11.2. The van der Waals surface area contributed by atoms with Gasteiger partial charge in [-0.2, -0.15) is 0 Å². The van der Waals surface area contributed by atoms with Crippen molar-refractivity contribution in [1.82, 2.24) is 10.8 Å². The van der Waals surface area contributed by atoms with Crippen molar-refractivity contribution in [2.75, 3.05) is 6.54 Å². The second-order valence-electron chi connectivity index (χ2n) is 5.57. The van der Waals surface area contributed by atoms with Crippen LogP contribution in [-0.2, 0) is 9.59 Å². The lowest BCUT2D eigenvalue weighted by Gasteiger charge is -2.05. The van der Waals surface area contributed by atoms with E-state index in [2.05, 4.69) is 12.2 Å². The summed E-state index contributed by atoms with van der Waals surface area (Å²) in [5.74, 6) is -0.213.